The van der Waals surface area contributed by atoms with Gasteiger partial charge in [-0.1, -0.05) is 60.7 Å². The zero-order valence-electron chi connectivity index (χ0n) is 14.5. The van der Waals surface area contributed by atoms with Gasteiger partial charge in [-0.3, -0.25) is 4.79 Å². The first-order valence-electron chi connectivity index (χ1n) is 8.81. The van der Waals surface area contributed by atoms with Crippen molar-refractivity contribution in [2.45, 2.75) is 5.41 Å². The molecule has 0 unspecified atom stereocenters. The monoisotopic (exact) mass is 347 g/mol. The van der Waals surface area contributed by atoms with Gasteiger partial charge in [0.05, 0.1) is 13.2 Å². The van der Waals surface area contributed by atoms with E-state index < -0.39 is 5.41 Å². The van der Waals surface area contributed by atoms with Crippen LogP contribution in [0.25, 0.3) is 0 Å². The van der Waals surface area contributed by atoms with Crippen molar-refractivity contribution in [1.82, 2.24) is 14.9 Å². The van der Waals surface area contributed by atoms with E-state index in [0.717, 1.165) is 11.1 Å². The molecule has 0 radical (unpaired) electrons. The van der Waals surface area contributed by atoms with E-state index in [2.05, 4.69) is 9.97 Å². The lowest BCUT2D eigenvalue weighted by atomic mass is 9.72. The Kier molecular flexibility index (Phi) is 4.54. The minimum atomic E-state index is -1.01. The highest BCUT2D eigenvalue weighted by molar-refractivity contribution is 5.95. The van der Waals surface area contributed by atoms with Crippen molar-refractivity contribution in [3.8, 4) is 0 Å². The Morgan fingerprint density at radius 3 is 2.04 bits per heavy atom. The number of carbonyl (C=O) groups excluding carboxylic acids is 1. The number of rotatable bonds is 4. The summed E-state index contributed by atoms with van der Waals surface area (Å²) >= 11 is 0. The van der Waals surface area contributed by atoms with Crippen LogP contribution in [-0.4, -0.2) is 47.1 Å². The summed E-state index contributed by atoms with van der Waals surface area (Å²) in [6, 6.07) is 19.7. The number of hydrogen-bond acceptors (Lipinski definition) is 3. The van der Waals surface area contributed by atoms with Crippen LogP contribution in [0, 0.1) is 0 Å². The van der Waals surface area contributed by atoms with Crippen molar-refractivity contribution in [2.75, 3.05) is 26.3 Å². The highest BCUT2D eigenvalue weighted by atomic mass is 16.5. The Morgan fingerprint density at radius 1 is 0.962 bits per heavy atom. The summed E-state index contributed by atoms with van der Waals surface area (Å²) in [5.41, 5.74) is 0.791. The van der Waals surface area contributed by atoms with Crippen molar-refractivity contribution in [1.29, 1.82) is 0 Å². The van der Waals surface area contributed by atoms with Crippen LogP contribution < -0.4 is 0 Å². The second-order valence-electron chi connectivity index (χ2n) is 6.32. The number of morpholine rings is 1. The molecule has 0 spiro atoms. The first kappa shape index (κ1) is 16.5. The van der Waals surface area contributed by atoms with Gasteiger partial charge in [-0.05, 0) is 11.1 Å². The molecule has 5 nitrogen and oxygen atoms in total. The molecule has 0 atom stereocenters. The lowest BCUT2D eigenvalue weighted by Crippen LogP contribution is -2.52. The van der Waals surface area contributed by atoms with E-state index in [-0.39, 0.29) is 5.91 Å². The van der Waals surface area contributed by atoms with Gasteiger partial charge in [-0.2, -0.15) is 0 Å². The lowest BCUT2D eigenvalue weighted by molar-refractivity contribution is -0.138. The highest BCUT2D eigenvalue weighted by Crippen LogP contribution is 2.39. The standard InChI is InChI=1S/C21H21N3O2/c25-20(24-13-15-26-16-14-24)21(19-22-11-12-23-19,17-7-3-1-4-8-17)18-9-5-2-6-10-18/h1-12H,13-16H2,(H,22,23). The van der Waals surface area contributed by atoms with E-state index >= 15 is 0 Å². The quantitative estimate of drug-likeness (QED) is 0.789. The van der Waals surface area contributed by atoms with Crippen molar-refractivity contribution >= 4 is 5.91 Å². The average molecular weight is 347 g/mol. The van der Waals surface area contributed by atoms with Gasteiger partial charge in [-0.15, -0.1) is 0 Å². The van der Waals surface area contributed by atoms with Crippen LogP contribution in [0.3, 0.4) is 0 Å². The zero-order chi connectivity index (χ0) is 17.8. The smallest absolute Gasteiger partial charge is 0.245 e. The minimum Gasteiger partial charge on any atom is -0.378 e. The van der Waals surface area contributed by atoms with E-state index in [1.165, 1.54) is 0 Å². The van der Waals surface area contributed by atoms with Crippen LogP contribution in [0.4, 0.5) is 0 Å². The Morgan fingerprint density at radius 2 is 1.54 bits per heavy atom. The summed E-state index contributed by atoms with van der Waals surface area (Å²) in [6.07, 6.45) is 3.46. The molecule has 0 saturated carbocycles. The van der Waals surface area contributed by atoms with Gasteiger partial charge in [0.25, 0.3) is 0 Å². The molecule has 1 N–H and O–H groups in total. The molecular formula is C21H21N3O2. The van der Waals surface area contributed by atoms with Gasteiger partial charge >= 0.3 is 0 Å². The average Bonchev–Trinajstić information content (AvgIpc) is 3.26. The summed E-state index contributed by atoms with van der Waals surface area (Å²) in [6.45, 7) is 2.29. The van der Waals surface area contributed by atoms with Crippen LogP contribution in [0.15, 0.2) is 73.1 Å². The highest BCUT2D eigenvalue weighted by Gasteiger charge is 2.48. The number of aromatic nitrogens is 2. The molecule has 1 aliphatic rings. The number of nitrogens with zero attached hydrogens (tertiary/aromatic N) is 2. The molecule has 2 aromatic carbocycles. The first-order valence-corrected chi connectivity index (χ1v) is 8.81. The second kappa shape index (κ2) is 7.14. The molecule has 132 valence electrons. The number of aromatic amines is 1. The fraction of sp³-hybridized carbons (Fsp3) is 0.238. The number of amides is 1. The van der Waals surface area contributed by atoms with Crippen molar-refractivity contribution in [3.63, 3.8) is 0 Å². The summed E-state index contributed by atoms with van der Waals surface area (Å²) in [7, 11) is 0. The SMILES string of the molecule is O=C(N1CCOCC1)C(c1ccccc1)(c1ccccc1)c1ncc[nH]1. The minimum absolute atomic E-state index is 0.0214. The maximum atomic E-state index is 13.9. The molecule has 1 fully saturated rings. The predicted octanol–water partition coefficient (Wildman–Crippen LogP) is 2.60. The molecule has 5 heteroatoms. The van der Waals surface area contributed by atoms with Crippen LogP contribution in [0.5, 0.6) is 0 Å². The molecule has 1 amide bonds. The predicted molar refractivity (Wildman–Crippen MR) is 98.8 cm³/mol. The lowest BCUT2D eigenvalue weighted by Gasteiger charge is -2.38. The van der Waals surface area contributed by atoms with E-state index in [1.54, 1.807) is 12.4 Å². The van der Waals surface area contributed by atoms with Crippen molar-refractivity contribution in [2.24, 2.45) is 0 Å². The van der Waals surface area contributed by atoms with E-state index in [9.17, 15) is 4.79 Å². The molecule has 1 aromatic heterocycles. The Hall–Kier alpha value is -2.92. The number of imidazole rings is 1. The van der Waals surface area contributed by atoms with Crippen LogP contribution >= 0.6 is 0 Å². The summed E-state index contributed by atoms with van der Waals surface area (Å²) in [5, 5.41) is 0. The third-order valence-electron chi connectivity index (χ3n) is 4.89. The number of ether oxygens (including phenoxy) is 1. The second-order valence-corrected chi connectivity index (χ2v) is 6.32. The maximum Gasteiger partial charge on any atom is 0.245 e. The molecule has 0 aliphatic carbocycles. The Labute approximate surface area is 152 Å². The fourth-order valence-corrected chi connectivity index (χ4v) is 3.64. The molecule has 26 heavy (non-hydrogen) atoms. The summed E-state index contributed by atoms with van der Waals surface area (Å²) < 4.78 is 5.45. The Balaban J connectivity index is 1.96. The molecule has 2 heterocycles. The largest absolute Gasteiger partial charge is 0.378 e. The molecule has 1 aliphatic heterocycles. The van der Waals surface area contributed by atoms with Crippen LogP contribution in [0.2, 0.25) is 0 Å². The number of hydrogen-bond donors (Lipinski definition) is 1. The number of H-pyrrole nitrogens is 1. The van der Waals surface area contributed by atoms with Gasteiger partial charge in [0.1, 0.15) is 5.82 Å². The van der Waals surface area contributed by atoms with Crippen molar-refractivity contribution in [3.05, 3.63) is 90.0 Å². The van der Waals surface area contributed by atoms with Gasteiger partial charge in [0.15, 0.2) is 5.41 Å². The van der Waals surface area contributed by atoms with Gasteiger partial charge in [-0.25, -0.2) is 4.98 Å². The van der Waals surface area contributed by atoms with Crippen LogP contribution in [-0.2, 0) is 14.9 Å². The van der Waals surface area contributed by atoms with E-state index in [1.807, 2.05) is 65.6 Å². The molecule has 4 rings (SSSR count). The number of carbonyl (C=O) groups is 1. The summed E-state index contributed by atoms with van der Waals surface area (Å²) in [4.78, 5) is 23.5. The fourth-order valence-electron chi connectivity index (χ4n) is 3.64. The van der Waals surface area contributed by atoms with Gasteiger partial charge in [0.2, 0.25) is 5.91 Å². The molecule has 3 aromatic rings. The van der Waals surface area contributed by atoms with E-state index in [4.69, 9.17) is 4.74 Å². The molecule has 0 bridgehead atoms. The number of benzene rings is 2. The Bertz CT molecular complexity index is 802. The first-order chi connectivity index (χ1) is 12.8. The third-order valence-corrected chi connectivity index (χ3v) is 4.89. The molecular weight excluding hydrogens is 326 g/mol. The van der Waals surface area contributed by atoms with Crippen LogP contribution in [0.1, 0.15) is 17.0 Å². The zero-order valence-corrected chi connectivity index (χ0v) is 14.5. The number of nitrogens with one attached hydrogen (secondary N) is 1. The normalized spacial score (nSPS) is 15.0. The maximum absolute atomic E-state index is 13.9. The topological polar surface area (TPSA) is 58.2 Å². The van der Waals surface area contributed by atoms with Gasteiger partial charge < -0.3 is 14.6 Å². The summed E-state index contributed by atoms with van der Waals surface area (Å²) in [5.74, 6) is 0.652. The molecule has 1 saturated heterocycles. The third kappa shape index (κ3) is 2.70. The van der Waals surface area contributed by atoms with Crippen molar-refractivity contribution < 1.29 is 9.53 Å². The van der Waals surface area contributed by atoms with E-state index in [0.29, 0.717) is 32.1 Å². The van der Waals surface area contributed by atoms with Gasteiger partial charge in [0, 0.05) is 25.5 Å².